The molecule has 0 unspecified atom stereocenters. The SMILES string of the molecule is O=C(CCc1ccccc1)On1nc2ccccc2n1. The quantitative estimate of drug-likeness (QED) is 0.725. The zero-order valence-electron chi connectivity index (χ0n) is 10.8. The van der Waals surface area contributed by atoms with Gasteiger partial charge in [-0.1, -0.05) is 42.5 Å². The molecule has 5 heteroatoms. The van der Waals surface area contributed by atoms with E-state index in [1.54, 1.807) is 0 Å². The molecule has 0 bridgehead atoms. The van der Waals surface area contributed by atoms with Crippen molar-refractivity contribution in [3.05, 3.63) is 60.2 Å². The van der Waals surface area contributed by atoms with Crippen LogP contribution in [0.5, 0.6) is 0 Å². The number of aryl methyl sites for hydroxylation is 1. The van der Waals surface area contributed by atoms with Crippen molar-refractivity contribution in [1.29, 1.82) is 0 Å². The van der Waals surface area contributed by atoms with Gasteiger partial charge in [-0.25, -0.2) is 4.79 Å². The molecule has 1 aromatic heterocycles. The van der Waals surface area contributed by atoms with Crippen LogP contribution in [-0.4, -0.2) is 21.1 Å². The lowest BCUT2D eigenvalue weighted by atomic mass is 10.1. The van der Waals surface area contributed by atoms with Crippen molar-refractivity contribution in [3.8, 4) is 0 Å². The van der Waals surface area contributed by atoms with Crippen molar-refractivity contribution in [3.63, 3.8) is 0 Å². The van der Waals surface area contributed by atoms with Crippen LogP contribution in [0.3, 0.4) is 0 Å². The van der Waals surface area contributed by atoms with E-state index in [2.05, 4.69) is 10.2 Å². The number of aromatic nitrogens is 3. The summed E-state index contributed by atoms with van der Waals surface area (Å²) in [5, 5.41) is 8.14. The van der Waals surface area contributed by atoms with Gasteiger partial charge in [0.25, 0.3) is 0 Å². The molecule has 20 heavy (non-hydrogen) atoms. The molecule has 5 nitrogen and oxygen atoms in total. The summed E-state index contributed by atoms with van der Waals surface area (Å²) in [7, 11) is 0. The van der Waals surface area contributed by atoms with Gasteiger partial charge in [-0.3, -0.25) is 0 Å². The number of carbonyl (C=O) groups is 1. The molecular formula is C15H13N3O2. The number of carbonyl (C=O) groups excluding carboxylic acids is 1. The van der Waals surface area contributed by atoms with E-state index in [0.29, 0.717) is 23.9 Å². The van der Waals surface area contributed by atoms with Crippen LogP contribution in [-0.2, 0) is 11.2 Å². The van der Waals surface area contributed by atoms with E-state index in [1.807, 2.05) is 54.6 Å². The number of nitrogens with zero attached hydrogens (tertiary/aromatic N) is 3. The summed E-state index contributed by atoms with van der Waals surface area (Å²) in [5.74, 6) is -0.353. The van der Waals surface area contributed by atoms with Crippen molar-refractivity contribution >= 4 is 17.0 Å². The van der Waals surface area contributed by atoms with Crippen LogP contribution in [0, 0.1) is 0 Å². The summed E-state index contributed by atoms with van der Waals surface area (Å²) in [4.78, 5) is 17.8. The van der Waals surface area contributed by atoms with Gasteiger partial charge in [0.15, 0.2) is 0 Å². The zero-order chi connectivity index (χ0) is 13.8. The molecule has 100 valence electrons. The fraction of sp³-hybridized carbons (Fsp3) is 0.133. The third-order valence-electron chi connectivity index (χ3n) is 2.91. The third kappa shape index (κ3) is 2.83. The van der Waals surface area contributed by atoms with Crippen LogP contribution < -0.4 is 4.84 Å². The van der Waals surface area contributed by atoms with E-state index in [4.69, 9.17) is 4.84 Å². The molecular weight excluding hydrogens is 254 g/mol. The monoisotopic (exact) mass is 267 g/mol. The Morgan fingerprint density at radius 3 is 2.20 bits per heavy atom. The van der Waals surface area contributed by atoms with Crippen molar-refractivity contribution in [2.45, 2.75) is 12.8 Å². The highest BCUT2D eigenvalue weighted by molar-refractivity contribution is 5.73. The molecule has 3 rings (SSSR count). The Labute approximate surface area is 115 Å². The molecule has 0 aliphatic rings. The Morgan fingerprint density at radius 1 is 0.950 bits per heavy atom. The van der Waals surface area contributed by atoms with Gasteiger partial charge in [-0.15, -0.1) is 10.2 Å². The van der Waals surface area contributed by atoms with Crippen LogP contribution >= 0.6 is 0 Å². The minimum atomic E-state index is -0.353. The summed E-state index contributed by atoms with van der Waals surface area (Å²) in [6.45, 7) is 0. The largest absolute Gasteiger partial charge is 0.337 e. The molecule has 0 radical (unpaired) electrons. The smallest absolute Gasteiger partial charge is 0.302 e. The topological polar surface area (TPSA) is 57.0 Å². The number of hydrogen-bond acceptors (Lipinski definition) is 4. The maximum Gasteiger partial charge on any atom is 0.337 e. The van der Waals surface area contributed by atoms with E-state index >= 15 is 0 Å². The highest BCUT2D eigenvalue weighted by Crippen LogP contribution is 2.06. The van der Waals surface area contributed by atoms with Crippen molar-refractivity contribution in [2.75, 3.05) is 0 Å². The van der Waals surface area contributed by atoms with Crippen molar-refractivity contribution < 1.29 is 9.63 Å². The maximum absolute atomic E-state index is 11.7. The molecule has 0 N–H and O–H groups in total. The van der Waals surface area contributed by atoms with Crippen LogP contribution in [0.2, 0.25) is 0 Å². The Kier molecular flexibility index (Phi) is 3.41. The van der Waals surface area contributed by atoms with E-state index in [9.17, 15) is 4.79 Å². The highest BCUT2D eigenvalue weighted by atomic mass is 16.7. The first-order chi connectivity index (χ1) is 9.81. The Bertz CT molecular complexity index is 689. The first kappa shape index (κ1) is 12.3. The molecule has 0 aliphatic heterocycles. The summed E-state index contributed by atoms with van der Waals surface area (Å²) < 4.78 is 0. The lowest BCUT2D eigenvalue weighted by Gasteiger charge is -2.01. The summed E-state index contributed by atoms with van der Waals surface area (Å²) >= 11 is 0. The number of hydrogen-bond donors (Lipinski definition) is 0. The maximum atomic E-state index is 11.7. The molecule has 1 heterocycles. The van der Waals surface area contributed by atoms with E-state index in [-0.39, 0.29) is 5.97 Å². The van der Waals surface area contributed by atoms with Crippen LogP contribution in [0.1, 0.15) is 12.0 Å². The molecule has 0 fully saturated rings. The van der Waals surface area contributed by atoms with Gasteiger partial charge in [0, 0.05) is 4.96 Å². The zero-order valence-corrected chi connectivity index (χ0v) is 10.8. The van der Waals surface area contributed by atoms with Crippen LogP contribution in [0.15, 0.2) is 54.6 Å². The van der Waals surface area contributed by atoms with Crippen molar-refractivity contribution in [1.82, 2.24) is 15.2 Å². The summed E-state index contributed by atoms with van der Waals surface area (Å²) in [6, 6.07) is 17.2. The van der Waals surface area contributed by atoms with Gasteiger partial charge in [0.05, 0.1) is 6.42 Å². The van der Waals surface area contributed by atoms with Gasteiger partial charge in [0.1, 0.15) is 11.0 Å². The van der Waals surface area contributed by atoms with Crippen LogP contribution in [0.4, 0.5) is 0 Å². The second kappa shape index (κ2) is 5.52. The van der Waals surface area contributed by atoms with Gasteiger partial charge >= 0.3 is 5.97 Å². The van der Waals surface area contributed by atoms with E-state index < -0.39 is 0 Å². The van der Waals surface area contributed by atoms with Gasteiger partial charge in [-0.05, 0) is 24.1 Å². The Balaban J connectivity index is 1.61. The minimum Gasteiger partial charge on any atom is -0.302 e. The molecule has 0 saturated heterocycles. The first-order valence-electron chi connectivity index (χ1n) is 6.38. The number of benzene rings is 2. The average molecular weight is 267 g/mol. The molecule has 0 amide bonds. The fourth-order valence-corrected chi connectivity index (χ4v) is 1.91. The normalized spacial score (nSPS) is 10.6. The Morgan fingerprint density at radius 2 is 1.55 bits per heavy atom. The third-order valence-corrected chi connectivity index (χ3v) is 2.91. The lowest BCUT2D eigenvalue weighted by molar-refractivity contribution is -0.147. The predicted molar refractivity (Wildman–Crippen MR) is 73.9 cm³/mol. The number of fused-ring (bicyclic) bond motifs is 1. The molecule has 0 atom stereocenters. The van der Waals surface area contributed by atoms with Crippen molar-refractivity contribution in [2.24, 2.45) is 0 Å². The second-order valence-electron chi connectivity index (χ2n) is 4.39. The van der Waals surface area contributed by atoms with E-state index in [0.717, 1.165) is 10.5 Å². The average Bonchev–Trinajstić information content (AvgIpc) is 2.88. The van der Waals surface area contributed by atoms with E-state index in [1.165, 1.54) is 0 Å². The van der Waals surface area contributed by atoms with Gasteiger partial charge < -0.3 is 4.84 Å². The highest BCUT2D eigenvalue weighted by Gasteiger charge is 2.08. The summed E-state index contributed by atoms with van der Waals surface area (Å²) in [5.41, 5.74) is 2.50. The molecule has 2 aromatic carbocycles. The number of rotatable bonds is 4. The molecule has 3 aromatic rings. The molecule has 0 spiro atoms. The fourth-order valence-electron chi connectivity index (χ4n) is 1.91. The second-order valence-corrected chi connectivity index (χ2v) is 4.39. The predicted octanol–water partition coefficient (Wildman–Crippen LogP) is 2.02. The minimum absolute atomic E-state index is 0.294. The lowest BCUT2D eigenvalue weighted by Crippen LogP contribution is -2.22. The standard InChI is InChI=1S/C15H13N3O2/c19-15(11-10-12-6-2-1-3-7-12)20-18-16-13-8-4-5-9-14(13)17-18/h1-9H,10-11H2. The van der Waals surface area contributed by atoms with Gasteiger partial charge in [0.2, 0.25) is 0 Å². The summed E-state index contributed by atoms with van der Waals surface area (Å²) in [6.07, 6.45) is 0.933. The Hall–Kier alpha value is -2.69. The molecule has 0 saturated carbocycles. The van der Waals surface area contributed by atoms with Crippen LogP contribution in [0.25, 0.3) is 11.0 Å². The first-order valence-corrected chi connectivity index (χ1v) is 6.38. The molecule has 0 aliphatic carbocycles. The van der Waals surface area contributed by atoms with Gasteiger partial charge in [-0.2, -0.15) is 0 Å².